The van der Waals surface area contributed by atoms with Crippen molar-refractivity contribution in [3.8, 4) is 17.2 Å². The lowest BCUT2D eigenvalue weighted by atomic mass is 10.1. The molecule has 0 fully saturated rings. The van der Waals surface area contributed by atoms with Gasteiger partial charge < -0.3 is 14.2 Å². The van der Waals surface area contributed by atoms with Gasteiger partial charge in [-0.1, -0.05) is 13.5 Å². The first-order valence-electron chi connectivity index (χ1n) is 8.96. The molecule has 32 heavy (non-hydrogen) atoms. The minimum atomic E-state index is -4.92. The van der Waals surface area contributed by atoms with E-state index < -0.39 is 29.8 Å². The molecule has 0 radical (unpaired) electrons. The van der Waals surface area contributed by atoms with Crippen molar-refractivity contribution in [2.45, 2.75) is 39.4 Å². The SMILES string of the molecule is C.C[C@H](Oc1ccc(COc2ccc3c(c2)OCC(C=O)=C3)cc1C(F)(F)F)C(F)(F)F. The largest absolute Gasteiger partial charge is 0.489 e. The smallest absolute Gasteiger partial charge is 0.425 e. The van der Waals surface area contributed by atoms with Crippen LogP contribution < -0.4 is 14.2 Å². The highest BCUT2D eigenvalue weighted by atomic mass is 19.4. The van der Waals surface area contributed by atoms with Crippen LogP contribution >= 0.6 is 0 Å². The van der Waals surface area contributed by atoms with Gasteiger partial charge in [0.25, 0.3) is 0 Å². The molecule has 2 aromatic carbocycles. The van der Waals surface area contributed by atoms with Gasteiger partial charge in [-0.05, 0) is 42.8 Å². The average molecular weight is 462 g/mol. The lowest BCUT2D eigenvalue weighted by Crippen LogP contribution is -2.31. The predicted molar refractivity (Wildman–Crippen MR) is 105 cm³/mol. The second-order valence-corrected chi connectivity index (χ2v) is 6.74. The van der Waals surface area contributed by atoms with Crippen molar-refractivity contribution in [1.82, 2.24) is 0 Å². The molecule has 0 aliphatic carbocycles. The van der Waals surface area contributed by atoms with Gasteiger partial charge in [0.05, 0.1) is 5.56 Å². The molecule has 10 heteroatoms. The van der Waals surface area contributed by atoms with E-state index >= 15 is 0 Å². The lowest BCUT2D eigenvalue weighted by Gasteiger charge is -2.21. The molecule has 0 unspecified atom stereocenters. The normalized spacial score (nSPS) is 14.3. The van der Waals surface area contributed by atoms with Crippen molar-refractivity contribution in [2.75, 3.05) is 6.61 Å². The van der Waals surface area contributed by atoms with E-state index in [2.05, 4.69) is 4.74 Å². The quantitative estimate of drug-likeness (QED) is 0.378. The number of halogens is 6. The third kappa shape index (κ3) is 5.95. The first kappa shape index (κ1) is 25.1. The Bertz CT molecular complexity index is 995. The van der Waals surface area contributed by atoms with Gasteiger partial charge >= 0.3 is 12.4 Å². The Morgan fingerprint density at radius 2 is 1.81 bits per heavy atom. The fraction of sp³-hybridized carbons (Fsp3) is 0.318. The zero-order valence-electron chi connectivity index (χ0n) is 16.0. The number of carbonyl (C=O) groups excluding carboxylic acids is 1. The van der Waals surface area contributed by atoms with Crippen LogP contribution in [0.5, 0.6) is 17.2 Å². The van der Waals surface area contributed by atoms with Crippen molar-refractivity contribution >= 4 is 12.4 Å². The van der Waals surface area contributed by atoms with Crippen LogP contribution in [0.2, 0.25) is 0 Å². The summed E-state index contributed by atoms with van der Waals surface area (Å²) in [6.07, 6.45) is -9.81. The van der Waals surface area contributed by atoms with Crippen LogP contribution in [0.25, 0.3) is 6.08 Å². The summed E-state index contributed by atoms with van der Waals surface area (Å²) >= 11 is 0. The molecule has 0 spiro atoms. The van der Waals surface area contributed by atoms with Gasteiger partial charge in [-0.2, -0.15) is 26.3 Å². The molecule has 1 atom stereocenters. The molecular weight excluding hydrogens is 442 g/mol. The van der Waals surface area contributed by atoms with E-state index in [0.717, 1.165) is 6.07 Å². The molecule has 1 aliphatic rings. The van der Waals surface area contributed by atoms with E-state index in [-0.39, 0.29) is 26.2 Å². The second kappa shape index (κ2) is 9.54. The number of fused-ring (bicyclic) bond motifs is 1. The maximum atomic E-state index is 13.3. The van der Waals surface area contributed by atoms with E-state index in [1.165, 1.54) is 12.1 Å². The maximum Gasteiger partial charge on any atom is 0.425 e. The summed E-state index contributed by atoms with van der Waals surface area (Å²) in [7, 11) is 0. The summed E-state index contributed by atoms with van der Waals surface area (Å²) in [5.74, 6) is -0.161. The molecule has 1 aliphatic heterocycles. The number of carbonyl (C=O) groups is 1. The lowest BCUT2D eigenvalue weighted by molar-refractivity contribution is -0.191. The molecule has 2 aromatic rings. The second-order valence-electron chi connectivity index (χ2n) is 6.74. The number of aldehydes is 1. The van der Waals surface area contributed by atoms with Crippen LogP contribution in [-0.2, 0) is 17.6 Å². The Balaban J connectivity index is 0.00000363. The monoisotopic (exact) mass is 462 g/mol. The van der Waals surface area contributed by atoms with Gasteiger partial charge in [0.1, 0.15) is 36.7 Å². The van der Waals surface area contributed by atoms with Crippen molar-refractivity contribution in [3.05, 3.63) is 58.7 Å². The molecule has 0 bridgehead atoms. The van der Waals surface area contributed by atoms with Gasteiger partial charge in [-0.25, -0.2) is 0 Å². The molecule has 0 saturated carbocycles. The van der Waals surface area contributed by atoms with Gasteiger partial charge in [-0.15, -0.1) is 0 Å². The van der Waals surface area contributed by atoms with Gasteiger partial charge in [0.15, 0.2) is 6.10 Å². The number of benzene rings is 2. The molecule has 0 saturated heterocycles. The van der Waals surface area contributed by atoms with Crippen LogP contribution in [0.4, 0.5) is 26.3 Å². The first-order valence-corrected chi connectivity index (χ1v) is 8.96. The summed E-state index contributed by atoms with van der Waals surface area (Å²) in [5, 5.41) is 0. The van der Waals surface area contributed by atoms with Crippen LogP contribution in [0.1, 0.15) is 31.0 Å². The maximum absolute atomic E-state index is 13.3. The highest BCUT2D eigenvalue weighted by Gasteiger charge is 2.41. The Morgan fingerprint density at radius 1 is 1.09 bits per heavy atom. The predicted octanol–water partition coefficient (Wildman–Crippen LogP) is 6.22. The Kier molecular flexibility index (Phi) is 7.48. The highest BCUT2D eigenvalue weighted by Crippen LogP contribution is 2.39. The minimum Gasteiger partial charge on any atom is -0.489 e. The Labute approximate surface area is 180 Å². The van der Waals surface area contributed by atoms with E-state index in [4.69, 9.17) is 9.47 Å². The van der Waals surface area contributed by atoms with Gasteiger partial charge in [-0.3, -0.25) is 4.79 Å². The van der Waals surface area contributed by atoms with E-state index in [1.54, 1.807) is 18.2 Å². The fourth-order valence-electron chi connectivity index (χ4n) is 2.73. The van der Waals surface area contributed by atoms with E-state index in [9.17, 15) is 31.1 Å². The van der Waals surface area contributed by atoms with Gasteiger partial charge in [0.2, 0.25) is 0 Å². The molecule has 0 amide bonds. The molecule has 4 nitrogen and oxygen atoms in total. The first-order chi connectivity index (χ1) is 14.5. The number of hydrogen-bond donors (Lipinski definition) is 0. The summed E-state index contributed by atoms with van der Waals surface area (Å²) in [5.41, 5.74) is -0.130. The van der Waals surface area contributed by atoms with Crippen LogP contribution in [0, 0.1) is 0 Å². The number of rotatable bonds is 6. The molecule has 0 aromatic heterocycles. The summed E-state index contributed by atoms with van der Waals surface area (Å²) in [6, 6.07) is 7.43. The van der Waals surface area contributed by atoms with Crippen LogP contribution in [0.3, 0.4) is 0 Å². The van der Waals surface area contributed by atoms with E-state index in [1.807, 2.05) is 0 Å². The molecule has 0 N–H and O–H groups in total. The Morgan fingerprint density at radius 3 is 2.44 bits per heavy atom. The zero-order valence-corrected chi connectivity index (χ0v) is 16.0. The van der Waals surface area contributed by atoms with Crippen molar-refractivity contribution < 1.29 is 45.3 Å². The fourth-order valence-corrected chi connectivity index (χ4v) is 2.73. The molecule has 1 heterocycles. The number of ether oxygens (including phenoxy) is 3. The summed E-state index contributed by atoms with van der Waals surface area (Å²) in [4.78, 5) is 10.8. The third-order valence-corrected chi connectivity index (χ3v) is 4.39. The third-order valence-electron chi connectivity index (χ3n) is 4.39. The highest BCUT2D eigenvalue weighted by molar-refractivity contribution is 5.84. The molecular formula is C22H20F6O4. The van der Waals surface area contributed by atoms with Crippen molar-refractivity contribution in [2.24, 2.45) is 0 Å². The topological polar surface area (TPSA) is 44.8 Å². The molecule has 174 valence electrons. The summed E-state index contributed by atoms with van der Waals surface area (Å²) < 4.78 is 93.4. The van der Waals surface area contributed by atoms with Crippen molar-refractivity contribution in [3.63, 3.8) is 0 Å². The van der Waals surface area contributed by atoms with Gasteiger partial charge in [0, 0.05) is 17.2 Å². The average Bonchev–Trinajstić information content (AvgIpc) is 2.70. The van der Waals surface area contributed by atoms with Crippen LogP contribution in [-0.4, -0.2) is 25.2 Å². The summed E-state index contributed by atoms with van der Waals surface area (Å²) in [6.45, 7) is 0.446. The standard InChI is InChI=1S/C21H16F6O4.CH4/c1-12(20(22,23)24)31-18-5-2-13(7-17(18)21(25,26)27)10-29-16-4-3-15-6-14(9-28)11-30-19(15)8-16;/h2-9,12H,10-11H2,1H3;1H4/t12-;/m0./s1. The van der Waals surface area contributed by atoms with Crippen molar-refractivity contribution in [1.29, 1.82) is 0 Å². The number of alkyl halides is 6. The number of hydrogen-bond acceptors (Lipinski definition) is 4. The van der Waals surface area contributed by atoms with E-state index in [0.29, 0.717) is 41.9 Å². The minimum absolute atomic E-state index is 0. The zero-order chi connectivity index (χ0) is 22.8. The van der Waals surface area contributed by atoms with Crippen LogP contribution in [0.15, 0.2) is 42.0 Å². The Hall–Kier alpha value is -3.17. The molecule has 3 rings (SSSR count).